The molecule has 1 amide bonds. The Morgan fingerprint density at radius 3 is 2.77 bits per heavy atom. The summed E-state index contributed by atoms with van der Waals surface area (Å²) in [5, 5.41) is 0. The van der Waals surface area contributed by atoms with Crippen LogP contribution < -0.4 is 9.47 Å². The third-order valence-electron chi connectivity index (χ3n) is 3.53. The van der Waals surface area contributed by atoms with Gasteiger partial charge in [0.1, 0.15) is 11.5 Å². The van der Waals surface area contributed by atoms with Crippen LogP contribution in [0.2, 0.25) is 0 Å². The molecule has 6 heteroatoms. The topological polar surface area (TPSA) is 48.0 Å². The van der Waals surface area contributed by atoms with Gasteiger partial charge in [0.05, 0.1) is 18.6 Å². The van der Waals surface area contributed by atoms with E-state index in [4.69, 9.17) is 14.2 Å². The van der Waals surface area contributed by atoms with Gasteiger partial charge in [0.15, 0.2) is 6.79 Å². The fourth-order valence-corrected chi connectivity index (χ4v) is 3.43. The van der Waals surface area contributed by atoms with Gasteiger partial charge in [0.2, 0.25) is 0 Å². The maximum absolute atomic E-state index is 12.7. The van der Waals surface area contributed by atoms with Crippen LogP contribution in [0, 0.1) is 0 Å². The second-order valence-electron chi connectivity index (χ2n) is 5.03. The fraction of sp³-hybridized carbons (Fsp3) is 0.562. The zero-order valence-electron chi connectivity index (χ0n) is 13.4. The highest BCUT2D eigenvalue weighted by Crippen LogP contribution is 2.35. The average molecular weight is 325 g/mol. The molecule has 1 saturated heterocycles. The Balaban J connectivity index is 2.41. The molecule has 0 N–H and O–H groups in total. The Hall–Kier alpha value is -1.40. The summed E-state index contributed by atoms with van der Waals surface area (Å²) in [7, 11) is 3.20. The Labute approximate surface area is 135 Å². The molecule has 1 aromatic carbocycles. The van der Waals surface area contributed by atoms with Crippen molar-refractivity contribution in [1.82, 2.24) is 4.90 Å². The highest BCUT2D eigenvalue weighted by molar-refractivity contribution is 7.99. The van der Waals surface area contributed by atoms with Crippen LogP contribution in [0.4, 0.5) is 0 Å². The van der Waals surface area contributed by atoms with Crippen LogP contribution in [0.5, 0.6) is 11.5 Å². The highest BCUT2D eigenvalue weighted by atomic mass is 32.2. The van der Waals surface area contributed by atoms with E-state index in [0.29, 0.717) is 11.3 Å². The van der Waals surface area contributed by atoms with Gasteiger partial charge < -0.3 is 19.1 Å². The van der Waals surface area contributed by atoms with E-state index in [2.05, 4.69) is 6.92 Å². The maximum atomic E-state index is 12.7. The normalized spacial score (nSPS) is 14.2. The number of carbonyl (C=O) groups is 1. The first kappa shape index (κ1) is 17.0. The molecule has 122 valence electrons. The number of hydrogen-bond acceptors (Lipinski definition) is 5. The van der Waals surface area contributed by atoms with Gasteiger partial charge in [-0.3, -0.25) is 4.79 Å². The van der Waals surface area contributed by atoms with E-state index in [1.54, 1.807) is 32.0 Å². The van der Waals surface area contributed by atoms with Gasteiger partial charge in [0.25, 0.3) is 5.91 Å². The zero-order valence-corrected chi connectivity index (χ0v) is 14.2. The zero-order chi connectivity index (χ0) is 15.9. The summed E-state index contributed by atoms with van der Waals surface area (Å²) in [6, 6.07) is 3.63. The summed E-state index contributed by atoms with van der Waals surface area (Å²) >= 11 is 1.77. The Kier molecular flexibility index (Phi) is 6.39. The molecule has 0 bridgehead atoms. The third kappa shape index (κ3) is 3.67. The molecule has 5 nitrogen and oxygen atoms in total. The predicted molar refractivity (Wildman–Crippen MR) is 87.9 cm³/mol. The van der Waals surface area contributed by atoms with E-state index in [1.165, 1.54) is 0 Å². The van der Waals surface area contributed by atoms with E-state index in [1.807, 2.05) is 11.0 Å². The SMILES string of the molecule is CCCc1c(OC)ccc(C(=O)N2CCSC2)c1OCOC. The van der Waals surface area contributed by atoms with Crippen LogP contribution >= 0.6 is 11.8 Å². The minimum absolute atomic E-state index is 0.0103. The highest BCUT2D eigenvalue weighted by Gasteiger charge is 2.26. The molecule has 1 fully saturated rings. The van der Waals surface area contributed by atoms with E-state index in [0.717, 1.165) is 42.3 Å². The lowest BCUT2D eigenvalue weighted by Crippen LogP contribution is -2.28. The van der Waals surface area contributed by atoms with Gasteiger partial charge >= 0.3 is 0 Å². The van der Waals surface area contributed by atoms with Gasteiger partial charge in [-0.25, -0.2) is 0 Å². The molecule has 0 radical (unpaired) electrons. The summed E-state index contributed by atoms with van der Waals surface area (Å²) in [6.07, 6.45) is 1.73. The Morgan fingerprint density at radius 2 is 2.18 bits per heavy atom. The van der Waals surface area contributed by atoms with Crippen molar-refractivity contribution in [3.05, 3.63) is 23.3 Å². The average Bonchev–Trinajstić information content (AvgIpc) is 3.07. The number of methoxy groups -OCH3 is 2. The summed E-state index contributed by atoms with van der Waals surface area (Å²) in [6.45, 7) is 2.98. The van der Waals surface area contributed by atoms with Crippen LogP contribution in [0.15, 0.2) is 12.1 Å². The molecule has 0 aromatic heterocycles. The largest absolute Gasteiger partial charge is 0.496 e. The molecular formula is C16H23NO4S. The number of nitrogens with zero attached hydrogens (tertiary/aromatic N) is 1. The van der Waals surface area contributed by atoms with Crippen LogP contribution in [-0.4, -0.2) is 50.0 Å². The molecule has 0 atom stereocenters. The van der Waals surface area contributed by atoms with Crippen LogP contribution in [-0.2, 0) is 11.2 Å². The van der Waals surface area contributed by atoms with Crippen LogP contribution in [0.1, 0.15) is 29.3 Å². The van der Waals surface area contributed by atoms with Crippen molar-refractivity contribution in [3.63, 3.8) is 0 Å². The molecule has 0 spiro atoms. The first-order valence-corrected chi connectivity index (χ1v) is 8.57. The minimum atomic E-state index is 0.0103. The number of benzene rings is 1. The Morgan fingerprint density at radius 1 is 1.36 bits per heavy atom. The van der Waals surface area contributed by atoms with Gasteiger partial charge in [-0.2, -0.15) is 0 Å². The molecule has 0 saturated carbocycles. The lowest BCUT2D eigenvalue weighted by Gasteiger charge is -2.21. The van der Waals surface area contributed by atoms with Crippen molar-refractivity contribution in [1.29, 1.82) is 0 Å². The summed E-state index contributed by atoms with van der Waals surface area (Å²) in [5.74, 6) is 3.07. The summed E-state index contributed by atoms with van der Waals surface area (Å²) in [4.78, 5) is 14.6. The molecule has 1 aliphatic rings. The van der Waals surface area contributed by atoms with Gasteiger partial charge in [-0.1, -0.05) is 13.3 Å². The second-order valence-corrected chi connectivity index (χ2v) is 6.10. The second kappa shape index (κ2) is 8.29. The van der Waals surface area contributed by atoms with Crippen molar-refractivity contribution in [3.8, 4) is 11.5 Å². The third-order valence-corrected chi connectivity index (χ3v) is 4.49. The van der Waals surface area contributed by atoms with Crippen molar-refractivity contribution in [2.75, 3.05) is 39.2 Å². The van der Waals surface area contributed by atoms with E-state index >= 15 is 0 Å². The van der Waals surface area contributed by atoms with E-state index < -0.39 is 0 Å². The molecule has 1 heterocycles. The summed E-state index contributed by atoms with van der Waals surface area (Å²) < 4.78 is 16.2. The standard InChI is InChI=1S/C16H23NO4S/c1-4-5-12-14(20-3)7-6-13(15(12)21-11-19-2)16(18)17-8-9-22-10-17/h6-7H,4-5,8-11H2,1-3H3. The maximum Gasteiger partial charge on any atom is 0.258 e. The summed E-state index contributed by atoms with van der Waals surface area (Å²) in [5.41, 5.74) is 1.52. The first-order valence-electron chi connectivity index (χ1n) is 7.41. The fourth-order valence-electron chi connectivity index (χ4n) is 2.48. The molecule has 1 aromatic rings. The molecule has 0 aliphatic carbocycles. The lowest BCUT2D eigenvalue weighted by atomic mass is 10.0. The number of amides is 1. The van der Waals surface area contributed by atoms with Gasteiger partial charge in [-0.05, 0) is 18.6 Å². The number of carbonyl (C=O) groups excluding carboxylic acids is 1. The van der Waals surface area contributed by atoms with Crippen LogP contribution in [0.3, 0.4) is 0 Å². The number of thioether (sulfide) groups is 1. The van der Waals surface area contributed by atoms with Crippen LogP contribution in [0.25, 0.3) is 0 Å². The predicted octanol–water partition coefficient (Wildman–Crippen LogP) is 2.78. The van der Waals surface area contributed by atoms with Crippen molar-refractivity contribution in [2.45, 2.75) is 19.8 Å². The number of hydrogen-bond donors (Lipinski definition) is 0. The number of rotatable bonds is 7. The van der Waals surface area contributed by atoms with Crippen molar-refractivity contribution in [2.24, 2.45) is 0 Å². The molecule has 0 unspecified atom stereocenters. The molecule has 22 heavy (non-hydrogen) atoms. The first-order chi connectivity index (χ1) is 10.7. The van der Waals surface area contributed by atoms with Gasteiger partial charge in [-0.15, -0.1) is 11.8 Å². The van der Waals surface area contributed by atoms with E-state index in [9.17, 15) is 4.79 Å². The lowest BCUT2D eigenvalue weighted by molar-refractivity contribution is 0.0485. The smallest absolute Gasteiger partial charge is 0.258 e. The minimum Gasteiger partial charge on any atom is -0.496 e. The monoisotopic (exact) mass is 325 g/mol. The van der Waals surface area contributed by atoms with Crippen molar-refractivity contribution < 1.29 is 19.0 Å². The Bertz CT molecular complexity index is 515. The van der Waals surface area contributed by atoms with E-state index in [-0.39, 0.29) is 12.7 Å². The molecular weight excluding hydrogens is 302 g/mol. The molecule has 2 rings (SSSR count). The quantitative estimate of drug-likeness (QED) is 0.722. The number of ether oxygens (including phenoxy) is 3. The van der Waals surface area contributed by atoms with Gasteiger partial charge in [0, 0.05) is 25.0 Å². The van der Waals surface area contributed by atoms with Crippen molar-refractivity contribution >= 4 is 17.7 Å². The molecule has 1 aliphatic heterocycles.